The van der Waals surface area contributed by atoms with Crippen molar-refractivity contribution in [2.75, 3.05) is 6.16 Å². The summed E-state index contributed by atoms with van der Waals surface area (Å²) in [7, 11) is 0.0201. The molecule has 134 valence electrons. The predicted molar refractivity (Wildman–Crippen MR) is 120 cm³/mol. The van der Waals surface area contributed by atoms with E-state index in [1.807, 2.05) is 0 Å². The van der Waals surface area contributed by atoms with Gasteiger partial charge in [-0.25, -0.2) is 0 Å². The molecule has 0 aliphatic carbocycles. The molecule has 2 unspecified atom stereocenters. The van der Waals surface area contributed by atoms with Crippen molar-refractivity contribution in [1.29, 1.82) is 0 Å². The Morgan fingerprint density at radius 1 is 0.556 bits per heavy atom. The molecule has 1 aliphatic rings. The Labute approximate surface area is 163 Å². The maximum absolute atomic E-state index is 2.31. The molecule has 0 nitrogen and oxygen atoms in total. The maximum atomic E-state index is 2.31. The first-order valence-corrected chi connectivity index (χ1v) is 11.3. The van der Waals surface area contributed by atoms with E-state index in [1.54, 1.807) is 10.9 Å². The van der Waals surface area contributed by atoms with E-state index in [0.717, 1.165) is 5.66 Å². The molecule has 1 heterocycles. The van der Waals surface area contributed by atoms with E-state index in [-0.39, 0.29) is 7.92 Å². The summed E-state index contributed by atoms with van der Waals surface area (Å²) >= 11 is 0. The highest BCUT2D eigenvalue weighted by Gasteiger charge is 2.28. The first kappa shape index (κ1) is 18.0. The molecule has 0 aromatic heterocycles. The lowest BCUT2D eigenvalue weighted by atomic mass is 10.1. The van der Waals surface area contributed by atoms with E-state index < -0.39 is 0 Å². The summed E-state index contributed by atoms with van der Waals surface area (Å²) in [5, 5.41) is 4.20. The summed E-state index contributed by atoms with van der Waals surface area (Å²) in [5.74, 6) is 0. The number of hydrogen-bond acceptors (Lipinski definition) is 0. The molecule has 0 N–H and O–H groups in total. The summed E-state index contributed by atoms with van der Waals surface area (Å²) in [6, 6.07) is 38.9. The lowest BCUT2D eigenvalue weighted by molar-refractivity contribution is 0.827. The monoisotopic (exact) mass is 368 g/mol. The van der Waals surface area contributed by atoms with Gasteiger partial charge in [-0.2, -0.15) is 0 Å². The van der Waals surface area contributed by atoms with E-state index in [1.165, 1.54) is 29.8 Å². The number of rotatable bonds is 2. The van der Waals surface area contributed by atoms with Gasteiger partial charge in [0.05, 0.1) is 0 Å². The third-order valence-electron chi connectivity index (χ3n) is 5.18. The van der Waals surface area contributed by atoms with Crippen LogP contribution in [0.4, 0.5) is 0 Å². The van der Waals surface area contributed by atoms with Gasteiger partial charge in [0, 0.05) is 5.66 Å². The molecule has 0 amide bonds. The molecule has 0 spiro atoms. The van der Waals surface area contributed by atoms with Gasteiger partial charge >= 0.3 is 0 Å². The van der Waals surface area contributed by atoms with Crippen LogP contribution in [0.3, 0.4) is 0 Å². The Hall–Kier alpha value is -2.43. The predicted octanol–water partition coefficient (Wildman–Crippen LogP) is 7.17. The molecule has 4 aromatic carbocycles. The fourth-order valence-electron chi connectivity index (χ4n) is 3.85. The highest BCUT2D eigenvalue weighted by Crippen LogP contribution is 2.58. The molecule has 0 saturated carbocycles. The minimum absolute atomic E-state index is 0.0201. The first-order valence-electron chi connectivity index (χ1n) is 9.72. The highest BCUT2D eigenvalue weighted by atomic mass is 31.1. The molecule has 4 aromatic rings. The average Bonchev–Trinajstić information content (AvgIpc) is 3.26. The first-order chi connectivity index (χ1) is 13.4. The molecule has 0 radical (unpaired) electrons. The summed E-state index contributed by atoms with van der Waals surface area (Å²) < 4.78 is 0. The van der Waals surface area contributed by atoms with Crippen LogP contribution in [0.5, 0.6) is 0 Å². The van der Waals surface area contributed by atoms with Crippen LogP contribution < -0.4 is 5.30 Å². The quantitative estimate of drug-likeness (QED) is 0.329. The third-order valence-corrected chi connectivity index (χ3v) is 8.25. The van der Waals surface area contributed by atoms with Crippen LogP contribution in [0.15, 0.2) is 109 Å². The highest BCUT2D eigenvalue weighted by molar-refractivity contribution is 7.66. The molecular formula is C26H25P. The number of hydrogen-bond donors (Lipinski definition) is 0. The molecule has 27 heavy (non-hydrogen) atoms. The summed E-state index contributed by atoms with van der Waals surface area (Å²) in [4.78, 5) is 0. The van der Waals surface area contributed by atoms with Crippen molar-refractivity contribution < 1.29 is 0 Å². The maximum Gasteiger partial charge on any atom is 0.00820 e. The summed E-state index contributed by atoms with van der Waals surface area (Å²) in [6.45, 7) is 0. The van der Waals surface area contributed by atoms with Crippen LogP contribution in [0.1, 0.15) is 24.1 Å². The van der Waals surface area contributed by atoms with Gasteiger partial charge in [0.1, 0.15) is 0 Å². The largest absolute Gasteiger partial charge is 0.0677 e. The molecule has 1 aliphatic heterocycles. The lowest BCUT2D eigenvalue weighted by Gasteiger charge is -2.21. The van der Waals surface area contributed by atoms with E-state index in [4.69, 9.17) is 0 Å². The summed E-state index contributed by atoms with van der Waals surface area (Å²) in [5.41, 5.74) is 2.33. The molecule has 1 fully saturated rings. The number of fused-ring (bicyclic) bond motifs is 1. The van der Waals surface area contributed by atoms with Crippen molar-refractivity contribution in [2.24, 2.45) is 0 Å². The van der Waals surface area contributed by atoms with Crippen molar-refractivity contribution in [3.05, 3.63) is 115 Å². The third kappa shape index (κ3) is 4.46. The van der Waals surface area contributed by atoms with Crippen molar-refractivity contribution >= 4 is 24.0 Å². The van der Waals surface area contributed by atoms with Crippen LogP contribution in [-0.2, 0) is 0 Å². The Bertz CT molecular complexity index is 852. The smallest absolute Gasteiger partial charge is 0.00820 e. The molecule has 2 atom stereocenters. The minimum Gasteiger partial charge on any atom is -0.0677 e. The van der Waals surface area contributed by atoms with Gasteiger partial charge < -0.3 is 0 Å². The number of benzene rings is 4. The lowest BCUT2D eigenvalue weighted by Crippen LogP contribution is -2.04. The second-order valence-corrected chi connectivity index (χ2v) is 9.47. The second-order valence-electron chi connectivity index (χ2n) is 6.94. The van der Waals surface area contributed by atoms with E-state index >= 15 is 0 Å². The zero-order valence-electron chi connectivity index (χ0n) is 15.5. The fraction of sp³-hybridized carbons (Fsp3) is 0.154. The van der Waals surface area contributed by atoms with E-state index in [9.17, 15) is 0 Å². The zero-order chi connectivity index (χ0) is 18.3. The Morgan fingerprint density at radius 2 is 1.04 bits per heavy atom. The SMILES string of the molecule is c1ccc(C2CCCP2c2ccccc2)cc1.c1ccc2ccccc2c1. The normalized spacial score (nSPS) is 18.7. The molecule has 0 bridgehead atoms. The van der Waals surface area contributed by atoms with Crippen molar-refractivity contribution in [3.63, 3.8) is 0 Å². The van der Waals surface area contributed by atoms with Crippen LogP contribution in [-0.4, -0.2) is 6.16 Å². The van der Waals surface area contributed by atoms with Gasteiger partial charge in [-0.1, -0.05) is 117 Å². The van der Waals surface area contributed by atoms with Gasteiger partial charge in [-0.05, 0) is 40.6 Å². The van der Waals surface area contributed by atoms with Crippen LogP contribution >= 0.6 is 7.92 Å². The minimum atomic E-state index is 0.0201. The standard InChI is InChI=1S/C16H17P.C10H8/c1-3-8-14(9-4-1)16-12-7-13-17(16)15-10-5-2-6-11-15;1-2-6-10-8-4-3-7-9(10)5-1/h1-6,8-11,16H,7,12-13H2;1-8H. The van der Waals surface area contributed by atoms with Crippen LogP contribution in [0.25, 0.3) is 10.8 Å². The van der Waals surface area contributed by atoms with E-state index in [0.29, 0.717) is 0 Å². The van der Waals surface area contributed by atoms with Crippen molar-refractivity contribution in [3.8, 4) is 0 Å². The van der Waals surface area contributed by atoms with Gasteiger partial charge in [0.15, 0.2) is 0 Å². The van der Waals surface area contributed by atoms with Crippen LogP contribution in [0.2, 0.25) is 0 Å². The molecule has 1 heteroatoms. The van der Waals surface area contributed by atoms with Crippen LogP contribution in [0, 0.1) is 0 Å². The van der Waals surface area contributed by atoms with Gasteiger partial charge in [0.25, 0.3) is 0 Å². The van der Waals surface area contributed by atoms with Crippen molar-refractivity contribution in [2.45, 2.75) is 18.5 Å². The topological polar surface area (TPSA) is 0 Å². The van der Waals surface area contributed by atoms with Gasteiger partial charge in [-0.15, -0.1) is 0 Å². The Kier molecular flexibility index (Phi) is 5.97. The Balaban J connectivity index is 0.000000153. The van der Waals surface area contributed by atoms with Gasteiger partial charge in [-0.3, -0.25) is 0 Å². The van der Waals surface area contributed by atoms with Gasteiger partial charge in [0.2, 0.25) is 0 Å². The molecular weight excluding hydrogens is 343 g/mol. The van der Waals surface area contributed by atoms with Crippen molar-refractivity contribution in [1.82, 2.24) is 0 Å². The van der Waals surface area contributed by atoms with E-state index in [2.05, 4.69) is 109 Å². The zero-order valence-corrected chi connectivity index (χ0v) is 16.4. The Morgan fingerprint density at radius 3 is 1.59 bits per heavy atom. The second kappa shape index (κ2) is 8.98. The fourth-order valence-corrected chi connectivity index (χ4v) is 6.88. The molecule has 1 saturated heterocycles. The average molecular weight is 368 g/mol. The summed E-state index contributed by atoms with van der Waals surface area (Å²) in [6.07, 6.45) is 4.16. The molecule has 5 rings (SSSR count).